The number of halogens is 3. The lowest BCUT2D eigenvalue weighted by Crippen LogP contribution is -2.05. The van der Waals surface area contributed by atoms with Crippen LogP contribution in [0.1, 0.15) is 15.9 Å². The number of carbonyl (C=O) groups is 1. The third-order valence-corrected chi connectivity index (χ3v) is 3.10. The second-order valence-electron chi connectivity index (χ2n) is 3.82. The Morgan fingerprint density at radius 1 is 1.11 bits per heavy atom. The van der Waals surface area contributed by atoms with Crippen molar-refractivity contribution in [2.45, 2.75) is 6.42 Å². The van der Waals surface area contributed by atoms with Crippen LogP contribution in [0.5, 0.6) is 0 Å². The molecule has 0 amide bonds. The quantitative estimate of drug-likeness (QED) is 0.755. The Hall–Kier alpha value is -1.38. The van der Waals surface area contributed by atoms with Gasteiger partial charge in [-0.3, -0.25) is 4.79 Å². The Morgan fingerprint density at radius 3 is 2.56 bits per heavy atom. The summed E-state index contributed by atoms with van der Waals surface area (Å²) in [6.45, 7) is 0. The molecule has 0 heterocycles. The van der Waals surface area contributed by atoms with Crippen molar-refractivity contribution >= 4 is 29.0 Å². The van der Waals surface area contributed by atoms with Gasteiger partial charge in [0.05, 0.1) is 5.02 Å². The van der Waals surface area contributed by atoms with Gasteiger partial charge in [-0.2, -0.15) is 0 Å². The Morgan fingerprint density at radius 2 is 1.83 bits per heavy atom. The molecule has 2 rings (SSSR count). The number of benzene rings is 2. The summed E-state index contributed by atoms with van der Waals surface area (Å²) in [6, 6.07) is 10.8. The second kappa shape index (κ2) is 5.51. The van der Waals surface area contributed by atoms with Crippen molar-refractivity contribution in [3.63, 3.8) is 0 Å². The highest BCUT2D eigenvalue weighted by atomic mass is 35.5. The summed E-state index contributed by atoms with van der Waals surface area (Å²) >= 11 is 11.7. The fourth-order valence-electron chi connectivity index (χ4n) is 1.63. The number of ketones is 1. The van der Waals surface area contributed by atoms with Crippen LogP contribution in [0.2, 0.25) is 10.0 Å². The van der Waals surface area contributed by atoms with Gasteiger partial charge < -0.3 is 0 Å². The molecule has 1 nitrogen and oxygen atoms in total. The Bertz CT molecular complexity index is 596. The fourth-order valence-corrected chi connectivity index (χ4v) is 2.07. The number of hydrogen-bond acceptors (Lipinski definition) is 1. The van der Waals surface area contributed by atoms with Gasteiger partial charge in [-0.25, -0.2) is 4.39 Å². The number of rotatable bonds is 3. The van der Waals surface area contributed by atoms with E-state index in [1.807, 2.05) is 0 Å². The summed E-state index contributed by atoms with van der Waals surface area (Å²) in [5, 5.41) is 0.767. The average molecular weight is 283 g/mol. The highest BCUT2D eigenvalue weighted by Gasteiger charge is 2.13. The molecule has 0 N–H and O–H groups in total. The van der Waals surface area contributed by atoms with Crippen molar-refractivity contribution in [1.82, 2.24) is 0 Å². The molecule has 2 aromatic carbocycles. The molecule has 0 aliphatic rings. The third kappa shape index (κ3) is 2.89. The van der Waals surface area contributed by atoms with E-state index in [0.717, 1.165) is 0 Å². The van der Waals surface area contributed by atoms with E-state index in [9.17, 15) is 9.18 Å². The zero-order valence-electron chi connectivity index (χ0n) is 9.29. The molecule has 0 aliphatic heterocycles. The lowest BCUT2D eigenvalue weighted by atomic mass is 10.0. The smallest absolute Gasteiger partial charge is 0.168 e. The summed E-state index contributed by atoms with van der Waals surface area (Å²) in [6.07, 6.45) is -0.0594. The molecule has 92 valence electrons. The number of Topliss-reactive ketones (excluding diaryl/α,β-unsaturated/α-hetero) is 1. The van der Waals surface area contributed by atoms with E-state index >= 15 is 0 Å². The molecule has 0 spiro atoms. The van der Waals surface area contributed by atoms with Crippen LogP contribution in [-0.4, -0.2) is 5.78 Å². The van der Waals surface area contributed by atoms with Crippen LogP contribution < -0.4 is 0 Å². The van der Waals surface area contributed by atoms with Crippen molar-refractivity contribution in [1.29, 1.82) is 0 Å². The summed E-state index contributed by atoms with van der Waals surface area (Å²) in [5.41, 5.74) is 0.658. The maximum Gasteiger partial charge on any atom is 0.168 e. The van der Waals surface area contributed by atoms with Crippen molar-refractivity contribution in [3.8, 4) is 0 Å². The zero-order chi connectivity index (χ0) is 13.1. The van der Waals surface area contributed by atoms with E-state index < -0.39 is 5.82 Å². The van der Waals surface area contributed by atoms with Crippen LogP contribution in [0, 0.1) is 5.82 Å². The molecule has 0 radical (unpaired) electrons. The number of hydrogen-bond donors (Lipinski definition) is 0. The zero-order valence-corrected chi connectivity index (χ0v) is 10.8. The van der Waals surface area contributed by atoms with Gasteiger partial charge >= 0.3 is 0 Å². The van der Waals surface area contributed by atoms with Gasteiger partial charge in [0.25, 0.3) is 0 Å². The third-order valence-electron chi connectivity index (χ3n) is 2.53. The molecule has 0 aliphatic carbocycles. The second-order valence-corrected chi connectivity index (χ2v) is 4.66. The van der Waals surface area contributed by atoms with Crippen molar-refractivity contribution in [2.24, 2.45) is 0 Å². The first kappa shape index (κ1) is 13.1. The molecule has 0 saturated carbocycles. The first-order valence-electron chi connectivity index (χ1n) is 5.29. The van der Waals surface area contributed by atoms with Crippen LogP contribution in [0.3, 0.4) is 0 Å². The molecule has 18 heavy (non-hydrogen) atoms. The number of carbonyl (C=O) groups excluding carboxylic acids is 1. The van der Waals surface area contributed by atoms with Gasteiger partial charge in [0.2, 0.25) is 0 Å². The molecular weight excluding hydrogens is 274 g/mol. The van der Waals surface area contributed by atoms with Crippen LogP contribution in [-0.2, 0) is 6.42 Å². The molecular formula is C14H9Cl2FO. The minimum absolute atomic E-state index is 0.0594. The first-order valence-corrected chi connectivity index (χ1v) is 6.05. The molecule has 0 aromatic heterocycles. The Kier molecular flexibility index (Phi) is 4.00. The van der Waals surface area contributed by atoms with Crippen molar-refractivity contribution in [2.75, 3.05) is 0 Å². The lowest BCUT2D eigenvalue weighted by Gasteiger charge is -2.05. The SMILES string of the molecule is O=C(Cc1cc(Cl)ccc1F)c1ccccc1Cl. The fraction of sp³-hybridized carbons (Fsp3) is 0.0714. The molecule has 4 heteroatoms. The molecule has 0 fully saturated rings. The monoisotopic (exact) mass is 282 g/mol. The van der Waals surface area contributed by atoms with Crippen molar-refractivity contribution < 1.29 is 9.18 Å². The van der Waals surface area contributed by atoms with Crippen LogP contribution >= 0.6 is 23.2 Å². The van der Waals surface area contributed by atoms with Crippen LogP contribution in [0.25, 0.3) is 0 Å². The van der Waals surface area contributed by atoms with Gasteiger partial charge in [0, 0.05) is 17.0 Å². The molecule has 0 unspecified atom stereocenters. The van der Waals surface area contributed by atoms with E-state index in [1.165, 1.54) is 18.2 Å². The highest BCUT2D eigenvalue weighted by Crippen LogP contribution is 2.20. The predicted molar refractivity (Wildman–Crippen MR) is 70.9 cm³/mol. The maximum atomic E-state index is 13.5. The van der Waals surface area contributed by atoms with Gasteiger partial charge in [0.15, 0.2) is 5.78 Å². The topological polar surface area (TPSA) is 17.1 Å². The average Bonchev–Trinajstić information content (AvgIpc) is 2.34. The standard InChI is InChI=1S/C14H9Cl2FO/c15-10-5-6-13(17)9(7-10)8-14(18)11-3-1-2-4-12(11)16/h1-7H,8H2. The minimum Gasteiger partial charge on any atom is -0.294 e. The largest absolute Gasteiger partial charge is 0.294 e. The molecule has 0 saturated heterocycles. The minimum atomic E-state index is -0.445. The van der Waals surface area contributed by atoms with E-state index in [1.54, 1.807) is 24.3 Å². The van der Waals surface area contributed by atoms with Crippen LogP contribution in [0.15, 0.2) is 42.5 Å². The van der Waals surface area contributed by atoms with E-state index in [2.05, 4.69) is 0 Å². The summed E-state index contributed by atoms with van der Waals surface area (Å²) in [7, 11) is 0. The Balaban J connectivity index is 2.27. The van der Waals surface area contributed by atoms with Gasteiger partial charge in [-0.05, 0) is 35.9 Å². The summed E-state index contributed by atoms with van der Waals surface area (Å²) in [5.74, 6) is -0.679. The van der Waals surface area contributed by atoms with Gasteiger partial charge in [-0.1, -0.05) is 35.3 Å². The maximum absolute atomic E-state index is 13.5. The predicted octanol–water partition coefficient (Wildman–Crippen LogP) is 4.56. The highest BCUT2D eigenvalue weighted by molar-refractivity contribution is 6.34. The molecule has 0 bridgehead atoms. The summed E-state index contributed by atoms with van der Waals surface area (Å²) in [4.78, 5) is 12.0. The van der Waals surface area contributed by atoms with E-state index in [4.69, 9.17) is 23.2 Å². The molecule has 2 aromatic rings. The van der Waals surface area contributed by atoms with Crippen LogP contribution in [0.4, 0.5) is 4.39 Å². The first-order chi connectivity index (χ1) is 8.58. The lowest BCUT2D eigenvalue weighted by molar-refractivity contribution is 0.0992. The van der Waals surface area contributed by atoms with Gasteiger partial charge in [0.1, 0.15) is 5.82 Å². The van der Waals surface area contributed by atoms with E-state index in [0.29, 0.717) is 15.6 Å². The van der Waals surface area contributed by atoms with Gasteiger partial charge in [-0.15, -0.1) is 0 Å². The van der Waals surface area contributed by atoms with E-state index in [-0.39, 0.29) is 17.8 Å². The molecule has 0 atom stereocenters. The van der Waals surface area contributed by atoms with Crippen molar-refractivity contribution in [3.05, 3.63) is 69.5 Å². The summed E-state index contributed by atoms with van der Waals surface area (Å²) < 4.78 is 13.5. The Labute approximate surface area is 114 Å². The normalized spacial score (nSPS) is 10.4.